The zero-order valence-corrected chi connectivity index (χ0v) is 21.3. The number of nitrogens with zero attached hydrogens (tertiary/aromatic N) is 5. The molecule has 38 heavy (non-hydrogen) atoms. The highest BCUT2D eigenvalue weighted by molar-refractivity contribution is 7.22. The van der Waals surface area contributed by atoms with E-state index < -0.39 is 35.4 Å². The molecule has 5 aromatic rings. The molecule has 0 aliphatic heterocycles. The fourth-order valence-electron chi connectivity index (χ4n) is 3.74. The van der Waals surface area contributed by atoms with Gasteiger partial charge in [-0.3, -0.25) is 9.55 Å². The average Bonchev–Trinajstić information content (AvgIpc) is 3.26. The zero-order chi connectivity index (χ0) is 27.1. The van der Waals surface area contributed by atoms with Gasteiger partial charge in [-0.25, -0.2) is 32.3 Å². The zero-order valence-electron chi connectivity index (χ0n) is 19.7. The summed E-state index contributed by atoms with van der Waals surface area (Å²) in [6, 6.07) is 5.81. The van der Waals surface area contributed by atoms with Gasteiger partial charge in [-0.05, 0) is 36.8 Å². The summed E-state index contributed by atoms with van der Waals surface area (Å²) < 4.78 is 44.4. The van der Waals surface area contributed by atoms with Crippen molar-refractivity contribution in [3.8, 4) is 5.69 Å². The van der Waals surface area contributed by atoms with E-state index in [0.29, 0.717) is 28.3 Å². The molecule has 0 spiro atoms. The van der Waals surface area contributed by atoms with E-state index in [-0.39, 0.29) is 27.9 Å². The van der Waals surface area contributed by atoms with Gasteiger partial charge in [-0.2, -0.15) is 4.98 Å². The molecule has 0 saturated heterocycles. The molecule has 3 heterocycles. The monoisotopic (exact) mass is 559 g/mol. The van der Waals surface area contributed by atoms with E-state index in [4.69, 9.17) is 11.6 Å². The Labute approximate surface area is 221 Å². The van der Waals surface area contributed by atoms with Crippen molar-refractivity contribution in [2.24, 2.45) is 0 Å². The van der Waals surface area contributed by atoms with Crippen LogP contribution < -0.4 is 22.0 Å². The average molecular weight is 560 g/mol. The molecule has 194 valence electrons. The lowest BCUT2D eigenvalue weighted by Crippen LogP contribution is -2.42. The normalized spacial score (nSPS) is 11.2. The maximum absolute atomic E-state index is 14.6. The molecular formula is C24H17ClF3N7O2S. The first kappa shape index (κ1) is 25.4. The van der Waals surface area contributed by atoms with E-state index in [1.807, 2.05) is 0 Å². The number of fused-ring (bicyclic) bond motifs is 1. The van der Waals surface area contributed by atoms with Crippen LogP contribution in [0.5, 0.6) is 0 Å². The van der Waals surface area contributed by atoms with Crippen molar-refractivity contribution in [1.82, 2.24) is 24.1 Å². The van der Waals surface area contributed by atoms with Gasteiger partial charge in [0.05, 0.1) is 39.4 Å². The van der Waals surface area contributed by atoms with Crippen molar-refractivity contribution in [3.63, 3.8) is 0 Å². The second-order valence-electron chi connectivity index (χ2n) is 8.19. The van der Waals surface area contributed by atoms with Crippen LogP contribution in [0, 0.1) is 24.4 Å². The quantitative estimate of drug-likeness (QED) is 0.293. The fraction of sp³-hybridized carbons (Fsp3) is 0.125. The first-order chi connectivity index (χ1) is 18.1. The minimum absolute atomic E-state index is 0.127. The van der Waals surface area contributed by atoms with E-state index >= 15 is 0 Å². The molecule has 2 aromatic carbocycles. The van der Waals surface area contributed by atoms with Gasteiger partial charge in [0.25, 0.3) is 0 Å². The molecule has 0 aliphatic rings. The predicted molar refractivity (Wildman–Crippen MR) is 140 cm³/mol. The van der Waals surface area contributed by atoms with Crippen LogP contribution in [0.15, 0.2) is 52.3 Å². The van der Waals surface area contributed by atoms with Gasteiger partial charge in [0.2, 0.25) is 5.95 Å². The van der Waals surface area contributed by atoms with Crippen LogP contribution >= 0.6 is 22.9 Å². The Bertz CT molecular complexity index is 1840. The number of benzene rings is 2. The molecule has 0 unspecified atom stereocenters. The summed E-state index contributed by atoms with van der Waals surface area (Å²) in [5.41, 5.74) is -0.512. The summed E-state index contributed by atoms with van der Waals surface area (Å²) in [4.78, 5) is 39.0. The Morgan fingerprint density at radius 3 is 2.50 bits per heavy atom. The number of rotatable bonds is 6. The lowest BCUT2D eigenvalue weighted by molar-refractivity contribution is 0.487. The maximum Gasteiger partial charge on any atom is 0.359 e. The Hall–Kier alpha value is -4.23. The minimum atomic E-state index is -1.38. The number of aryl methyl sites for hydroxylation is 1. The molecule has 3 aromatic heterocycles. The molecule has 0 atom stereocenters. The SMILES string of the molecule is CNc1nc2cc(Cl)c(Nc3nc(=O)n(-c4cncc(C)c4)c(=O)n3Cc3cc(F)c(F)cc3F)cc2s1. The smallest absolute Gasteiger partial charge is 0.359 e. The van der Waals surface area contributed by atoms with Crippen LogP contribution in [-0.4, -0.2) is 31.1 Å². The third kappa shape index (κ3) is 4.73. The van der Waals surface area contributed by atoms with Gasteiger partial charge >= 0.3 is 11.4 Å². The molecule has 0 aliphatic carbocycles. The van der Waals surface area contributed by atoms with Crippen LogP contribution in [0.4, 0.5) is 29.9 Å². The third-order valence-corrected chi connectivity index (χ3v) is 6.89. The van der Waals surface area contributed by atoms with Crippen molar-refractivity contribution in [2.45, 2.75) is 13.5 Å². The van der Waals surface area contributed by atoms with Crippen molar-refractivity contribution < 1.29 is 13.2 Å². The van der Waals surface area contributed by atoms with Gasteiger partial charge in [0, 0.05) is 24.9 Å². The van der Waals surface area contributed by atoms with Crippen LogP contribution in [0.3, 0.4) is 0 Å². The highest BCUT2D eigenvalue weighted by atomic mass is 35.5. The topological polar surface area (TPSA) is 107 Å². The number of thiazole rings is 1. The number of aromatic nitrogens is 5. The van der Waals surface area contributed by atoms with E-state index in [2.05, 4.69) is 25.6 Å². The largest absolute Gasteiger partial charge is 0.365 e. The third-order valence-electron chi connectivity index (χ3n) is 5.54. The molecule has 0 fully saturated rings. The molecule has 0 bridgehead atoms. The number of hydrogen-bond donors (Lipinski definition) is 2. The first-order valence-corrected chi connectivity index (χ1v) is 12.2. The molecule has 0 saturated carbocycles. The van der Waals surface area contributed by atoms with Gasteiger partial charge < -0.3 is 10.6 Å². The Morgan fingerprint density at radius 1 is 1.00 bits per heavy atom. The van der Waals surface area contributed by atoms with Crippen molar-refractivity contribution in [2.75, 3.05) is 17.7 Å². The summed E-state index contributed by atoms with van der Waals surface area (Å²) in [6.07, 6.45) is 2.82. The lowest BCUT2D eigenvalue weighted by Gasteiger charge is -2.17. The lowest BCUT2D eigenvalue weighted by atomic mass is 10.2. The van der Waals surface area contributed by atoms with E-state index in [1.165, 1.54) is 23.7 Å². The van der Waals surface area contributed by atoms with Gasteiger partial charge in [-0.1, -0.05) is 22.9 Å². The number of halogens is 4. The summed E-state index contributed by atoms with van der Waals surface area (Å²) >= 11 is 7.77. The van der Waals surface area contributed by atoms with Crippen molar-refractivity contribution in [1.29, 1.82) is 0 Å². The van der Waals surface area contributed by atoms with Gasteiger partial charge in [0.1, 0.15) is 5.82 Å². The van der Waals surface area contributed by atoms with Crippen LogP contribution in [0.1, 0.15) is 11.1 Å². The highest BCUT2D eigenvalue weighted by Gasteiger charge is 2.20. The second kappa shape index (κ2) is 9.91. The standard InChI is InChI=1S/C24H17ClF3N7O2S/c1-11-3-13(9-30-8-11)35-23(36)33-21(31-18-7-20-19(5-14(18)25)32-22(29-2)38-20)34(24(35)37)10-12-4-16(27)17(28)6-15(12)26/h3-9H,10H2,1-2H3,(H,29,32)(H,31,33,36). The summed E-state index contributed by atoms with van der Waals surface area (Å²) in [5, 5.41) is 6.65. The number of nitrogens with one attached hydrogen (secondary N) is 2. The van der Waals surface area contributed by atoms with E-state index in [0.717, 1.165) is 13.8 Å². The Morgan fingerprint density at radius 2 is 1.76 bits per heavy atom. The summed E-state index contributed by atoms with van der Waals surface area (Å²) in [7, 11) is 1.72. The highest BCUT2D eigenvalue weighted by Crippen LogP contribution is 2.34. The summed E-state index contributed by atoms with van der Waals surface area (Å²) in [6.45, 7) is 1.14. The molecule has 0 radical (unpaired) electrons. The molecule has 0 amide bonds. The molecule has 5 rings (SSSR count). The Balaban J connectivity index is 1.69. The molecule has 9 nitrogen and oxygen atoms in total. The summed E-state index contributed by atoms with van der Waals surface area (Å²) in [5.74, 6) is -4.05. The molecule has 14 heteroatoms. The maximum atomic E-state index is 14.6. The van der Waals surface area contributed by atoms with Crippen molar-refractivity contribution >= 4 is 49.9 Å². The predicted octanol–water partition coefficient (Wildman–Crippen LogP) is 4.61. The van der Waals surface area contributed by atoms with Gasteiger partial charge in [0.15, 0.2) is 16.8 Å². The minimum Gasteiger partial charge on any atom is -0.365 e. The number of pyridine rings is 1. The van der Waals surface area contributed by atoms with Crippen molar-refractivity contribution in [3.05, 3.63) is 97.3 Å². The fourth-order valence-corrected chi connectivity index (χ4v) is 4.79. The number of hydrogen-bond acceptors (Lipinski definition) is 8. The molecule has 2 N–H and O–H groups in total. The van der Waals surface area contributed by atoms with Crippen LogP contribution in [0.25, 0.3) is 15.9 Å². The van der Waals surface area contributed by atoms with E-state index in [9.17, 15) is 22.8 Å². The van der Waals surface area contributed by atoms with Crippen LogP contribution in [0.2, 0.25) is 5.02 Å². The molecular weight excluding hydrogens is 543 g/mol. The first-order valence-electron chi connectivity index (χ1n) is 11.0. The second-order valence-corrected chi connectivity index (χ2v) is 9.63. The van der Waals surface area contributed by atoms with E-state index in [1.54, 1.807) is 32.2 Å². The van der Waals surface area contributed by atoms with Crippen LogP contribution in [-0.2, 0) is 6.54 Å². The number of anilines is 3. The Kier molecular flexibility index (Phi) is 6.63. The van der Waals surface area contributed by atoms with Gasteiger partial charge in [-0.15, -0.1) is 0 Å².